The Morgan fingerprint density at radius 2 is 2.21 bits per heavy atom. The van der Waals surface area contributed by atoms with Crippen LogP contribution in [-0.4, -0.2) is 41.1 Å². The van der Waals surface area contributed by atoms with Crippen LogP contribution in [0.1, 0.15) is 20.3 Å². The Bertz CT molecular complexity index is 616. The van der Waals surface area contributed by atoms with Crippen LogP contribution in [-0.2, 0) is 14.8 Å². The molecule has 0 amide bonds. The molecule has 0 aromatic heterocycles. The van der Waals surface area contributed by atoms with Crippen molar-refractivity contribution in [2.75, 3.05) is 0 Å². The number of aliphatic imine (C=N–C) groups is 1. The first-order chi connectivity index (χ1) is 8.75. The van der Waals surface area contributed by atoms with E-state index < -0.39 is 27.5 Å². The van der Waals surface area contributed by atoms with Gasteiger partial charge in [-0.2, -0.15) is 0 Å². The largest absolute Gasteiger partial charge is 0.478 e. The number of allylic oxidation sites excluding steroid dienone is 2. The van der Waals surface area contributed by atoms with Gasteiger partial charge in [-0.25, -0.2) is 22.5 Å². The third-order valence-corrected chi connectivity index (χ3v) is 5.13. The maximum Gasteiger partial charge on any atom is 0.331 e. The van der Waals surface area contributed by atoms with Crippen LogP contribution in [0.2, 0.25) is 0 Å². The number of fused-ring (bicyclic) bond motifs is 1. The Kier molecular flexibility index (Phi) is 3.23. The number of nitrogens with two attached hydrogens (primary N) is 1. The molecule has 3 N–H and O–H groups in total. The maximum absolute atomic E-state index is 12.2. The van der Waals surface area contributed by atoms with Gasteiger partial charge in [-0.1, -0.05) is 6.08 Å². The number of carboxylic acids is 1. The fraction of sp³-hybridized carbons (Fsp3) is 0.455. The van der Waals surface area contributed by atoms with Crippen molar-refractivity contribution in [1.29, 1.82) is 0 Å². The lowest BCUT2D eigenvalue weighted by atomic mass is 10.0. The first-order valence-electron chi connectivity index (χ1n) is 5.76. The van der Waals surface area contributed by atoms with Crippen LogP contribution < -0.4 is 5.73 Å². The van der Waals surface area contributed by atoms with E-state index in [0.717, 1.165) is 4.31 Å². The van der Waals surface area contributed by atoms with E-state index in [2.05, 4.69) is 4.99 Å². The van der Waals surface area contributed by atoms with Gasteiger partial charge in [0.25, 0.3) is 0 Å². The van der Waals surface area contributed by atoms with E-state index in [1.54, 1.807) is 13.8 Å². The lowest BCUT2D eigenvalue weighted by Crippen LogP contribution is -2.44. The molecule has 0 aromatic rings. The third kappa shape index (κ3) is 2.17. The van der Waals surface area contributed by atoms with Gasteiger partial charge in [0.05, 0.1) is 16.7 Å². The average molecular weight is 285 g/mol. The number of nitrogens with zero attached hydrogens (tertiary/aromatic N) is 2. The lowest BCUT2D eigenvalue weighted by molar-refractivity contribution is -0.132. The Morgan fingerprint density at radius 1 is 1.58 bits per heavy atom. The highest BCUT2D eigenvalue weighted by atomic mass is 32.2. The van der Waals surface area contributed by atoms with Gasteiger partial charge in [0.1, 0.15) is 0 Å². The molecule has 0 spiro atoms. The quantitative estimate of drug-likeness (QED) is 0.759. The normalized spacial score (nSPS) is 22.8. The molecule has 2 rings (SSSR count). The van der Waals surface area contributed by atoms with Gasteiger partial charge < -0.3 is 5.11 Å². The number of sulfonamides is 1. The van der Waals surface area contributed by atoms with E-state index in [1.807, 2.05) is 0 Å². The topological polar surface area (TPSA) is 113 Å². The van der Waals surface area contributed by atoms with Crippen LogP contribution in [0.15, 0.2) is 28.4 Å². The third-order valence-electron chi connectivity index (χ3n) is 2.98. The van der Waals surface area contributed by atoms with Crippen LogP contribution >= 0.6 is 0 Å². The summed E-state index contributed by atoms with van der Waals surface area (Å²) in [6.45, 7) is 3.11. The fourth-order valence-electron chi connectivity index (χ4n) is 1.92. The number of rotatable bonds is 3. The summed E-state index contributed by atoms with van der Waals surface area (Å²) in [5.74, 6) is -1.04. The summed E-state index contributed by atoms with van der Waals surface area (Å²) in [6.07, 6.45) is 2.03. The summed E-state index contributed by atoms with van der Waals surface area (Å²) >= 11 is 0. The van der Waals surface area contributed by atoms with Gasteiger partial charge in [0.15, 0.2) is 6.29 Å². The maximum atomic E-state index is 12.2. The number of hydrogen-bond acceptors (Lipinski definition) is 5. The molecule has 0 radical (unpaired) electrons. The molecule has 0 saturated heterocycles. The van der Waals surface area contributed by atoms with Gasteiger partial charge in [-0.05, 0) is 26.3 Å². The zero-order valence-corrected chi connectivity index (χ0v) is 11.4. The second-order valence-corrected chi connectivity index (χ2v) is 6.95. The molecular formula is C11H15N3O4S. The predicted octanol–water partition coefficient (Wildman–Crippen LogP) is 0.0221. The van der Waals surface area contributed by atoms with Crippen LogP contribution in [0.3, 0.4) is 0 Å². The van der Waals surface area contributed by atoms with Crippen molar-refractivity contribution in [3.8, 4) is 0 Å². The van der Waals surface area contributed by atoms with Crippen molar-refractivity contribution in [2.45, 2.75) is 31.8 Å². The zero-order valence-electron chi connectivity index (χ0n) is 10.6. The Balaban J connectivity index is 2.41. The highest BCUT2D eigenvalue weighted by molar-refractivity contribution is 7.89. The summed E-state index contributed by atoms with van der Waals surface area (Å²) in [7, 11) is -3.59. The second-order valence-electron chi connectivity index (χ2n) is 4.59. The van der Waals surface area contributed by atoms with Crippen LogP contribution in [0.4, 0.5) is 0 Å². The molecule has 1 aliphatic carbocycles. The lowest BCUT2D eigenvalue weighted by Gasteiger charge is -2.26. The molecule has 2 aliphatic rings. The minimum atomic E-state index is -3.59. The van der Waals surface area contributed by atoms with E-state index in [0.29, 0.717) is 11.4 Å². The summed E-state index contributed by atoms with van der Waals surface area (Å²) < 4.78 is 25.5. The van der Waals surface area contributed by atoms with Crippen molar-refractivity contribution in [2.24, 2.45) is 10.7 Å². The Hall–Kier alpha value is -1.67. The SMILES string of the molecule is CC(C)S(=O)(=O)N1C2=CCC(C(=O)O)=CC2=NC1N. The van der Waals surface area contributed by atoms with Crippen molar-refractivity contribution >= 4 is 21.7 Å². The van der Waals surface area contributed by atoms with Gasteiger partial charge in [-0.3, -0.25) is 5.73 Å². The minimum absolute atomic E-state index is 0.153. The van der Waals surface area contributed by atoms with Crippen molar-refractivity contribution in [3.05, 3.63) is 23.4 Å². The molecule has 104 valence electrons. The van der Waals surface area contributed by atoms with E-state index >= 15 is 0 Å². The van der Waals surface area contributed by atoms with Crippen molar-refractivity contribution in [3.63, 3.8) is 0 Å². The number of hydrogen-bond donors (Lipinski definition) is 2. The second kappa shape index (κ2) is 4.46. The molecule has 8 heteroatoms. The molecule has 19 heavy (non-hydrogen) atoms. The summed E-state index contributed by atoms with van der Waals surface area (Å²) in [5, 5.41) is 8.30. The van der Waals surface area contributed by atoms with Gasteiger partial charge >= 0.3 is 5.97 Å². The summed E-state index contributed by atoms with van der Waals surface area (Å²) in [6, 6.07) is 0. The molecule has 1 unspecified atom stereocenters. The zero-order chi connectivity index (χ0) is 14.4. The van der Waals surface area contributed by atoms with Crippen molar-refractivity contribution < 1.29 is 18.3 Å². The van der Waals surface area contributed by atoms with Gasteiger partial charge in [-0.15, -0.1) is 0 Å². The predicted molar refractivity (Wildman–Crippen MR) is 69.7 cm³/mol. The summed E-state index contributed by atoms with van der Waals surface area (Å²) in [5.41, 5.74) is 6.56. The first kappa shape index (κ1) is 13.8. The summed E-state index contributed by atoms with van der Waals surface area (Å²) in [4.78, 5) is 14.9. The number of carbonyl (C=O) groups is 1. The molecular weight excluding hydrogens is 270 g/mol. The molecule has 0 bridgehead atoms. The molecule has 7 nitrogen and oxygen atoms in total. The molecule has 0 fully saturated rings. The van der Waals surface area contributed by atoms with Crippen LogP contribution in [0.25, 0.3) is 0 Å². The monoisotopic (exact) mass is 285 g/mol. The highest BCUT2D eigenvalue weighted by Gasteiger charge is 2.39. The van der Waals surface area contributed by atoms with Crippen molar-refractivity contribution in [1.82, 2.24) is 4.31 Å². The Labute approximate surface area is 111 Å². The smallest absolute Gasteiger partial charge is 0.331 e. The molecule has 1 heterocycles. The van der Waals surface area contributed by atoms with E-state index in [4.69, 9.17) is 10.8 Å². The molecule has 0 aromatic carbocycles. The van der Waals surface area contributed by atoms with E-state index in [-0.39, 0.29) is 12.0 Å². The molecule has 0 saturated carbocycles. The van der Waals surface area contributed by atoms with Crippen LogP contribution in [0.5, 0.6) is 0 Å². The fourth-order valence-corrected chi connectivity index (χ4v) is 3.16. The van der Waals surface area contributed by atoms with Crippen LogP contribution in [0, 0.1) is 0 Å². The highest BCUT2D eigenvalue weighted by Crippen LogP contribution is 2.29. The Morgan fingerprint density at radius 3 is 2.74 bits per heavy atom. The van der Waals surface area contributed by atoms with Gasteiger partial charge in [0, 0.05) is 5.57 Å². The van der Waals surface area contributed by atoms with E-state index in [9.17, 15) is 13.2 Å². The minimum Gasteiger partial charge on any atom is -0.478 e. The van der Waals surface area contributed by atoms with Gasteiger partial charge in [0.2, 0.25) is 10.0 Å². The molecule has 1 aliphatic heterocycles. The molecule has 1 atom stereocenters. The average Bonchev–Trinajstić information content (AvgIpc) is 2.63. The number of aliphatic carboxylic acids is 1. The first-order valence-corrected chi connectivity index (χ1v) is 7.26. The number of carboxylic acid groups (broad SMARTS) is 1. The standard InChI is InChI=1S/C11H15N3O4S/c1-6(2)19(17,18)14-9-4-3-7(10(15)16)5-8(9)13-11(14)12/h4-6,11H,3,12H2,1-2H3,(H,15,16). The van der Waals surface area contributed by atoms with E-state index in [1.165, 1.54) is 12.2 Å².